The van der Waals surface area contributed by atoms with Crippen LogP contribution < -0.4 is 5.73 Å². The number of nitrogens with zero attached hydrogens (tertiary/aromatic N) is 2. The summed E-state index contributed by atoms with van der Waals surface area (Å²) >= 11 is 0. The van der Waals surface area contributed by atoms with E-state index in [2.05, 4.69) is 0 Å². The zero-order valence-electron chi connectivity index (χ0n) is 12.6. The fourth-order valence-electron chi connectivity index (χ4n) is 2.17. The minimum absolute atomic E-state index is 0.00629. The molecule has 2 rings (SSSR count). The lowest BCUT2D eigenvalue weighted by atomic mass is 10.2. The molecule has 128 valence electrons. The molecule has 24 heavy (non-hydrogen) atoms. The fourth-order valence-corrected chi connectivity index (χ4v) is 3.66. The maximum atomic E-state index is 14.1. The highest BCUT2D eigenvalue weighted by molar-refractivity contribution is 7.89. The van der Waals surface area contributed by atoms with Crippen molar-refractivity contribution in [1.29, 1.82) is 0 Å². The van der Waals surface area contributed by atoms with Gasteiger partial charge in [-0.3, -0.25) is 10.1 Å². The van der Waals surface area contributed by atoms with Crippen LogP contribution in [0.15, 0.2) is 53.4 Å². The highest BCUT2D eigenvalue weighted by atomic mass is 32.2. The van der Waals surface area contributed by atoms with Crippen LogP contribution in [0.25, 0.3) is 0 Å². The van der Waals surface area contributed by atoms with Gasteiger partial charge in [0, 0.05) is 25.7 Å². The predicted molar refractivity (Wildman–Crippen MR) is 86.1 cm³/mol. The van der Waals surface area contributed by atoms with Gasteiger partial charge in [0.15, 0.2) is 0 Å². The molecule has 0 heterocycles. The maximum Gasteiger partial charge on any atom is 0.272 e. The fraction of sp³-hybridized carbons (Fsp3) is 0.200. The summed E-state index contributed by atoms with van der Waals surface area (Å²) in [6, 6.07) is 11.2. The topological polar surface area (TPSA) is 107 Å². The molecule has 0 bridgehead atoms. The Hall–Kier alpha value is -2.36. The van der Waals surface area contributed by atoms with Crippen LogP contribution in [0.4, 0.5) is 10.1 Å². The van der Waals surface area contributed by atoms with E-state index in [0.29, 0.717) is 6.07 Å². The standard InChI is InChI=1S/C15H16FN3O4S/c16-14-10-13(19(20)21)6-7-15(14)24(22,23)18(9-8-17)11-12-4-2-1-3-5-12/h1-7,10H,8-9,11,17H2. The van der Waals surface area contributed by atoms with E-state index in [0.717, 1.165) is 22.0 Å². The number of rotatable bonds is 7. The third-order valence-electron chi connectivity index (χ3n) is 3.32. The summed E-state index contributed by atoms with van der Waals surface area (Å²) in [5, 5.41) is 10.7. The normalized spacial score (nSPS) is 11.6. The summed E-state index contributed by atoms with van der Waals surface area (Å²) in [5.41, 5.74) is 5.68. The van der Waals surface area contributed by atoms with Crippen molar-refractivity contribution in [2.24, 2.45) is 5.73 Å². The molecule has 2 N–H and O–H groups in total. The molecule has 0 saturated carbocycles. The largest absolute Gasteiger partial charge is 0.329 e. The first-order valence-electron chi connectivity index (χ1n) is 7.04. The van der Waals surface area contributed by atoms with Gasteiger partial charge in [0.05, 0.1) is 11.0 Å². The van der Waals surface area contributed by atoms with Gasteiger partial charge in [-0.25, -0.2) is 12.8 Å². The molecule has 0 saturated heterocycles. The smallest absolute Gasteiger partial charge is 0.272 e. The van der Waals surface area contributed by atoms with Crippen molar-refractivity contribution in [2.45, 2.75) is 11.4 Å². The minimum Gasteiger partial charge on any atom is -0.329 e. The van der Waals surface area contributed by atoms with Crippen molar-refractivity contribution in [3.05, 3.63) is 70.0 Å². The van der Waals surface area contributed by atoms with E-state index in [1.165, 1.54) is 0 Å². The number of hydrogen-bond donors (Lipinski definition) is 1. The van der Waals surface area contributed by atoms with Crippen LogP contribution in [-0.4, -0.2) is 30.7 Å². The molecule has 9 heteroatoms. The van der Waals surface area contributed by atoms with E-state index in [1.54, 1.807) is 30.3 Å². The Morgan fingerprint density at radius 1 is 1.17 bits per heavy atom. The van der Waals surface area contributed by atoms with Crippen molar-refractivity contribution in [3.8, 4) is 0 Å². The van der Waals surface area contributed by atoms with Crippen LogP contribution in [0.2, 0.25) is 0 Å². The summed E-state index contributed by atoms with van der Waals surface area (Å²) in [5.74, 6) is -1.17. The molecule has 0 atom stereocenters. The first kappa shape index (κ1) is 18.0. The highest BCUT2D eigenvalue weighted by Crippen LogP contribution is 2.24. The lowest BCUT2D eigenvalue weighted by Gasteiger charge is -2.22. The maximum absolute atomic E-state index is 14.1. The summed E-state index contributed by atoms with van der Waals surface area (Å²) in [6.07, 6.45) is 0. The number of halogens is 1. The molecule has 2 aromatic carbocycles. The van der Waals surface area contributed by atoms with E-state index in [1.807, 2.05) is 0 Å². The number of sulfonamides is 1. The van der Waals surface area contributed by atoms with Crippen molar-refractivity contribution < 1.29 is 17.7 Å². The van der Waals surface area contributed by atoms with Crippen LogP contribution in [0.3, 0.4) is 0 Å². The summed E-state index contributed by atoms with van der Waals surface area (Å²) in [7, 11) is -4.18. The predicted octanol–water partition coefficient (Wildman–Crippen LogP) is 1.88. The number of nitro benzene ring substituents is 1. The average molecular weight is 353 g/mol. The molecule has 0 aromatic heterocycles. The van der Waals surface area contributed by atoms with Crippen molar-refractivity contribution >= 4 is 15.7 Å². The lowest BCUT2D eigenvalue weighted by Crippen LogP contribution is -2.35. The van der Waals surface area contributed by atoms with Gasteiger partial charge in [-0.2, -0.15) is 4.31 Å². The summed E-state index contributed by atoms with van der Waals surface area (Å²) < 4.78 is 40.5. The monoisotopic (exact) mass is 353 g/mol. The lowest BCUT2D eigenvalue weighted by molar-refractivity contribution is -0.385. The van der Waals surface area contributed by atoms with E-state index in [-0.39, 0.29) is 19.6 Å². The molecular weight excluding hydrogens is 337 g/mol. The Balaban J connectivity index is 2.39. The van der Waals surface area contributed by atoms with Crippen LogP contribution >= 0.6 is 0 Å². The number of non-ortho nitro benzene ring substituents is 1. The van der Waals surface area contributed by atoms with Gasteiger partial charge in [0.2, 0.25) is 10.0 Å². The Morgan fingerprint density at radius 2 is 1.83 bits per heavy atom. The van der Waals surface area contributed by atoms with Gasteiger partial charge in [-0.15, -0.1) is 0 Å². The number of nitro groups is 1. The Morgan fingerprint density at radius 3 is 2.38 bits per heavy atom. The molecule has 0 aliphatic rings. The summed E-state index contributed by atoms with van der Waals surface area (Å²) in [6.45, 7) is 0.0745. The third-order valence-corrected chi connectivity index (χ3v) is 5.20. The van der Waals surface area contributed by atoms with Crippen molar-refractivity contribution in [2.75, 3.05) is 13.1 Å². The number of benzene rings is 2. The zero-order valence-corrected chi connectivity index (χ0v) is 13.4. The quantitative estimate of drug-likeness (QED) is 0.604. The molecule has 7 nitrogen and oxygen atoms in total. The molecule has 0 aliphatic carbocycles. The third kappa shape index (κ3) is 3.94. The molecule has 0 spiro atoms. The average Bonchev–Trinajstić information content (AvgIpc) is 2.55. The van der Waals surface area contributed by atoms with E-state index < -0.39 is 31.3 Å². The van der Waals surface area contributed by atoms with Crippen LogP contribution in [0.1, 0.15) is 5.56 Å². The van der Waals surface area contributed by atoms with Crippen LogP contribution in [0.5, 0.6) is 0 Å². The Bertz CT molecular complexity index is 828. The highest BCUT2D eigenvalue weighted by Gasteiger charge is 2.28. The van der Waals surface area contributed by atoms with Crippen LogP contribution in [0, 0.1) is 15.9 Å². The zero-order chi connectivity index (χ0) is 17.7. The molecule has 2 aromatic rings. The van der Waals surface area contributed by atoms with Gasteiger partial charge >= 0.3 is 0 Å². The second kappa shape index (κ2) is 7.47. The van der Waals surface area contributed by atoms with Gasteiger partial charge in [0.1, 0.15) is 10.7 Å². The summed E-state index contributed by atoms with van der Waals surface area (Å²) in [4.78, 5) is 9.25. The Labute approximate surface area is 138 Å². The Kier molecular flexibility index (Phi) is 5.60. The second-order valence-corrected chi connectivity index (χ2v) is 6.89. The minimum atomic E-state index is -4.18. The number of hydrogen-bond acceptors (Lipinski definition) is 5. The SMILES string of the molecule is NCCN(Cc1ccccc1)S(=O)(=O)c1ccc([N+](=O)[O-])cc1F. The molecule has 0 amide bonds. The molecule has 0 fully saturated rings. The van der Waals surface area contributed by atoms with E-state index in [9.17, 15) is 22.9 Å². The van der Waals surface area contributed by atoms with Crippen molar-refractivity contribution in [3.63, 3.8) is 0 Å². The van der Waals surface area contributed by atoms with E-state index >= 15 is 0 Å². The van der Waals surface area contributed by atoms with Crippen LogP contribution in [-0.2, 0) is 16.6 Å². The molecular formula is C15H16FN3O4S. The molecule has 0 radical (unpaired) electrons. The van der Waals surface area contributed by atoms with E-state index in [4.69, 9.17) is 5.73 Å². The number of nitrogens with two attached hydrogens (primary N) is 1. The van der Waals surface area contributed by atoms with Gasteiger partial charge in [0.25, 0.3) is 5.69 Å². The van der Waals surface area contributed by atoms with Gasteiger partial charge in [-0.05, 0) is 11.6 Å². The molecule has 0 aliphatic heterocycles. The van der Waals surface area contributed by atoms with Crippen molar-refractivity contribution in [1.82, 2.24) is 4.31 Å². The van der Waals surface area contributed by atoms with Gasteiger partial charge in [-0.1, -0.05) is 30.3 Å². The first-order chi connectivity index (χ1) is 11.4. The van der Waals surface area contributed by atoms with Gasteiger partial charge < -0.3 is 5.73 Å². The molecule has 0 unspecified atom stereocenters. The first-order valence-corrected chi connectivity index (χ1v) is 8.48. The second-order valence-electron chi connectivity index (χ2n) is 4.98.